The number of carbonyl (C=O) groups is 1. The minimum Gasteiger partial charge on any atom is -0.480 e. The Morgan fingerprint density at radius 3 is 2.30 bits per heavy atom. The highest BCUT2D eigenvalue weighted by Crippen LogP contribution is 2.44. The summed E-state index contributed by atoms with van der Waals surface area (Å²) in [6.45, 7) is 12.7. The molecule has 5 nitrogen and oxygen atoms in total. The van der Waals surface area contributed by atoms with E-state index in [9.17, 15) is 9.18 Å². The van der Waals surface area contributed by atoms with E-state index >= 15 is 0 Å². The van der Waals surface area contributed by atoms with Crippen LogP contribution in [0, 0.1) is 26.6 Å². The number of carbonyl (C=O) groups excluding carboxylic acids is 1. The number of esters is 1. The van der Waals surface area contributed by atoms with Crippen molar-refractivity contribution >= 4 is 28.9 Å². The molecule has 0 saturated carbocycles. The van der Waals surface area contributed by atoms with Gasteiger partial charge < -0.3 is 19.3 Å². The zero-order chi connectivity index (χ0) is 23.9. The first kappa shape index (κ1) is 23.5. The van der Waals surface area contributed by atoms with E-state index < -0.39 is 5.60 Å². The first-order valence-corrected chi connectivity index (χ1v) is 11.8. The Kier molecular flexibility index (Phi) is 6.36. The van der Waals surface area contributed by atoms with E-state index in [-0.39, 0.29) is 11.8 Å². The number of nitrogens with zero attached hydrogens (tertiary/aromatic N) is 2. The Bertz CT molecular complexity index is 1090. The molecule has 2 heterocycles. The Hall–Kier alpha value is -2.67. The smallest absolute Gasteiger partial charge is 0.308 e. The predicted molar refractivity (Wildman–Crippen MR) is 132 cm³/mol. The molecule has 0 aliphatic carbocycles. The lowest BCUT2D eigenvalue weighted by Gasteiger charge is -2.45. The monoisotopic (exact) mass is 470 g/mol. The molecule has 0 bridgehead atoms. The first-order chi connectivity index (χ1) is 15.6. The molecule has 4 rings (SSSR count). The van der Waals surface area contributed by atoms with E-state index in [4.69, 9.17) is 21.7 Å². The summed E-state index contributed by atoms with van der Waals surface area (Å²) < 4.78 is 25.4. The molecule has 1 unspecified atom stereocenters. The Labute approximate surface area is 200 Å². The molecule has 7 heteroatoms. The molecule has 2 aliphatic heterocycles. The molecule has 1 atom stereocenters. The van der Waals surface area contributed by atoms with Gasteiger partial charge in [-0.25, -0.2) is 4.39 Å². The minimum absolute atomic E-state index is 0.220. The number of hydrogen-bond donors (Lipinski definition) is 0. The molecule has 0 N–H and O–H groups in total. The van der Waals surface area contributed by atoms with Crippen molar-refractivity contribution in [1.82, 2.24) is 4.90 Å². The van der Waals surface area contributed by atoms with Crippen molar-refractivity contribution in [2.45, 2.75) is 53.1 Å². The summed E-state index contributed by atoms with van der Waals surface area (Å²) in [7, 11) is 0. The summed E-state index contributed by atoms with van der Waals surface area (Å²) >= 11 is 5.96. The number of hydrogen-bond acceptors (Lipinski definition) is 5. The Morgan fingerprint density at radius 2 is 1.70 bits per heavy atom. The topological polar surface area (TPSA) is 42.0 Å². The van der Waals surface area contributed by atoms with Gasteiger partial charge in [-0.05, 0) is 81.5 Å². The van der Waals surface area contributed by atoms with Crippen molar-refractivity contribution in [3.8, 4) is 11.5 Å². The molecule has 1 fully saturated rings. The molecular formula is C26H31FN2O3S. The third kappa shape index (κ3) is 4.43. The van der Waals surface area contributed by atoms with E-state index in [2.05, 4.69) is 16.7 Å². The van der Waals surface area contributed by atoms with Gasteiger partial charge in [0.25, 0.3) is 0 Å². The van der Waals surface area contributed by atoms with Gasteiger partial charge in [0.05, 0.1) is 0 Å². The maximum Gasteiger partial charge on any atom is 0.308 e. The minimum atomic E-state index is -0.576. The van der Waals surface area contributed by atoms with Crippen molar-refractivity contribution in [1.29, 1.82) is 0 Å². The number of rotatable bonds is 3. The Morgan fingerprint density at radius 1 is 1.06 bits per heavy atom. The van der Waals surface area contributed by atoms with Crippen LogP contribution in [-0.4, -0.2) is 47.6 Å². The predicted octanol–water partition coefficient (Wildman–Crippen LogP) is 4.91. The van der Waals surface area contributed by atoms with E-state index in [0.717, 1.165) is 77.7 Å². The number of benzene rings is 2. The standard InChI is InChI=1S/C26H31FN2O3S/c1-16-17(2)24-22(18(3)23(16)31-19(4)30)10-11-26(5,32-24)25(33)29-14-12-28(13-15-29)21-8-6-20(27)7-9-21/h6-9H,10-15H2,1-5H3. The highest BCUT2D eigenvalue weighted by molar-refractivity contribution is 7.80. The van der Waals surface area contributed by atoms with Crippen LogP contribution in [0.1, 0.15) is 42.5 Å². The summed E-state index contributed by atoms with van der Waals surface area (Å²) in [5, 5.41) is 0. The maximum atomic E-state index is 13.3. The lowest BCUT2D eigenvalue weighted by Crippen LogP contribution is -2.57. The van der Waals surface area contributed by atoms with Crippen LogP contribution in [0.15, 0.2) is 24.3 Å². The fourth-order valence-electron chi connectivity index (χ4n) is 4.84. The zero-order valence-electron chi connectivity index (χ0n) is 20.0. The molecule has 176 valence electrons. The molecule has 0 radical (unpaired) electrons. The molecule has 0 amide bonds. The fraction of sp³-hybridized carbons (Fsp3) is 0.462. The summed E-state index contributed by atoms with van der Waals surface area (Å²) in [6.07, 6.45) is 1.57. The second kappa shape index (κ2) is 8.93. The maximum absolute atomic E-state index is 13.3. The third-order valence-corrected chi connectivity index (χ3v) is 7.64. The number of thiocarbonyl (C=S) groups is 1. The van der Waals surface area contributed by atoms with Crippen molar-refractivity contribution in [2.75, 3.05) is 31.1 Å². The van der Waals surface area contributed by atoms with Crippen molar-refractivity contribution < 1.29 is 18.7 Å². The van der Waals surface area contributed by atoms with Crippen LogP contribution in [0.25, 0.3) is 0 Å². The van der Waals surface area contributed by atoms with E-state index in [1.807, 2.05) is 32.9 Å². The summed E-state index contributed by atoms with van der Waals surface area (Å²) in [5.74, 6) is 0.970. The number of anilines is 1. The molecule has 0 aromatic heterocycles. The molecule has 2 aromatic rings. The highest BCUT2D eigenvalue weighted by atomic mass is 32.1. The van der Waals surface area contributed by atoms with Gasteiger partial charge >= 0.3 is 5.97 Å². The van der Waals surface area contributed by atoms with Crippen LogP contribution in [0.4, 0.5) is 10.1 Å². The van der Waals surface area contributed by atoms with Crippen LogP contribution in [0.3, 0.4) is 0 Å². The second-order valence-electron chi connectivity index (χ2n) is 9.19. The van der Waals surface area contributed by atoms with Crippen LogP contribution in [-0.2, 0) is 11.2 Å². The SMILES string of the molecule is CC(=O)Oc1c(C)c(C)c2c(c1C)CCC(C)(C(=S)N1CCN(c3ccc(F)cc3)CC1)O2. The zero-order valence-corrected chi connectivity index (χ0v) is 20.8. The quantitative estimate of drug-likeness (QED) is 0.361. The molecule has 2 aromatic carbocycles. The van der Waals surface area contributed by atoms with Gasteiger partial charge in [0.15, 0.2) is 5.60 Å². The van der Waals surface area contributed by atoms with E-state index in [1.165, 1.54) is 19.1 Å². The Balaban J connectivity index is 1.50. The lowest BCUT2D eigenvalue weighted by atomic mass is 9.86. The highest BCUT2D eigenvalue weighted by Gasteiger charge is 2.41. The van der Waals surface area contributed by atoms with Gasteiger partial charge in [0.1, 0.15) is 22.3 Å². The number of fused-ring (bicyclic) bond motifs is 1. The third-order valence-electron chi connectivity index (χ3n) is 6.95. The molecular weight excluding hydrogens is 439 g/mol. The van der Waals surface area contributed by atoms with Crippen LogP contribution in [0.5, 0.6) is 11.5 Å². The van der Waals surface area contributed by atoms with Crippen molar-refractivity contribution in [3.63, 3.8) is 0 Å². The summed E-state index contributed by atoms with van der Waals surface area (Å²) in [4.78, 5) is 16.9. The van der Waals surface area contributed by atoms with Gasteiger partial charge in [-0.2, -0.15) is 0 Å². The van der Waals surface area contributed by atoms with Gasteiger partial charge in [-0.3, -0.25) is 4.79 Å². The molecule has 0 spiro atoms. The van der Waals surface area contributed by atoms with Crippen LogP contribution < -0.4 is 14.4 Å². The van der Waals surface area contributed by atoms with Crippen LogP contribution >= 0.6 is 12.2 Å². The van der Waals surface area contributed by atoms with Crippen LogP contribution in [0.2, 0.25) is 0 Å². The molecule has 1 saturated heterocycles. The molecule has 33 heavy (non-hydrogen) atoms. The van der Waals surface area contributed by atoms with Gasteiger partial charge in [0.2, 0.25) is 0 Å². The normalized spacial score (nSPS) is 20.2. The lowest BCUT2D eigenvalue weighted by molar-refractivity contribution is -0.132. The van der Waals surface area contributed by atoms with E-state index in [1.54, 1.807) is 0 Å². The van der Waals surface area contributed by atoms with Gasteiger partial charge in [-0.15, -0.1) is 0 Å². The first-order valence-electron chi connectivity index (χ1n) is 11.4. The second-order valence-corrected chi connectivity index (χ2v) is 9.58. The largest absolute Gasteiger partial charge is 0.480 e. The van der Waals surface area contributed by atoms with Gasteiger partial charge in [0, 0.05) is 44.4 Å². The average Bonchev–Trinajstić information content (AvgIpc) is 2.80. The number of piperazine rings is 1. The average molecular weight is 471 g/mol. The van der Waals surface area contributed by atoms with Crippen molar-refractivity contribution in [3.05, 3.63) is 52.3 Å². The van der Waals surface area contributed by atoms with Gasteiger partial charge in [-0.1, -0.05) is 12.2 Å². The van der Waals surface area contributed by atoms with E-state index in [0.29, 0.717) is 5.75 Å². The molecule has 2 aliphatic rings. The number of ether oxygens (including phenoxy) is 2. The summed E-state index contributed by atoms with van der Waals surface area (Å²) in [6, 6.07) is 6.65. The fourth-order valence-corrected chi connectivity index (χ4v) is 5.16. The number of halogens is 1. The van der Waals surface area contributed by atoms with Crippen molar-refractivity contribution in [2.24, 2.45) is 0 Å². The summed E-state index contributed by atoms with van der Waals surface area (Å²) in [5.41, 5.74) is 4.42.